The Morgan fingerprint density at radius 3 is 3.00 bits per heavy atom. The number of hydrogen-bond acceptors (Lipinski definition) is 2. The molecule has 2 nitrogen and oxygen atoms in total. The molecule has 16 heavy (non-hydrogen) atoms. The first-order valence-corrected chi connectivity index (χ1v) is 6.22. The molecule has 0 saturated carbocycles. The summed E-state index contributed by atoms with van der Waals surface area (Å²) in [6.45, 7) is 2.08. The molecule has 1 saturated heterocycles. The zero-order valence-corrected chi connectivity index (χ0v) is 10.8. The largest absolute Gasteiger partial charge is 0.495 e. The highest BCUT2D eigenvalue weighted by atomic mass is 79.9. The van der Waals surface area contributed by atoms with Crippen LogP contribution in [0.4, 0.5) is 4.39 Å². The highest BCUT2D eigenvalue weighted by Crippen LogP contribution is 2.32. The maximum Gasteiger partial charge on any atom is 0.136 e. The van der Waals surface area contributed by atoms with Crippen molar-refractivity contribution in [3.05, 3.63) is 28.0 Å². The van der Waals surface area contributed by atoms with Crippen molar-refractivity contribution in [2.24, 2.45) is 5.92 Å². The van der Waals surface area contributed by atoms with Crippen molar-refractivity contribution in [3.63, 3.8) is 0 Å². The second kappa shape index (κ2) is 5.15. The number of benzene rings is 1. The molecule has 1 aromatic carbocycles. The third kappa shape index (κ3) is 2.55. The molecule has 1 aliphatic rings. The van der Waals surface area contributed by atoms with Crippen molar-refractivity contribution in [2.45, 2.75) is 12.8 Å². The van der Waals surface area contributed by atoms with Gasteiger partial charge in [-0.1, -0.05) is 0 Å². The van der Waals surface area contributed by atoms with E-state index in [-0.39, 0.29) is 5.82 Å². The van der Waals surface area contributed by atoms with Gasteiger partial charge in [-0.05, 0) is 59.4 Å². The van der Waals surface area contributed by atoms with Crippen molar-refractivity contribution in [2.75, 3.05) is 20.2 Å². The molecule has 4 heteroatoms. The molecule has 88 valence electrons. The average Bonchev–Trinajstić information content (AvgIpc) is 2.75. The van der Waals surface area contributed by atoms with Gasteiger partial charge in [-0.3, -0.25) is 0 Å². The smallest absolute Gasteiger partial charge is 0.136 e. The van der Waals surface area contributed by atoms with E-state index in [2.05, 4.69) is 21.2 Å². The molecule has 0 radical (unpaired) electrons. The fourth-order valence-corrected chi connectivity index (χ4v) is 2.67. The van der Waals surface area contributed by atoms with Crippen LogP contribution in [0.3, 0.4) is 0 Å². The quantitative estimate of drug-likeness (QED) is 0.923. The predicted octanol–water partition coefficient (Wildman–Crippen LogP) is 2.75. The number of methoxy groups -OCH3 is 1. The van der Waals surface area contributed by atoms with E-state index in [1.54, 1.807) is 13.2 Å². The van der Waals surface area contributed by atoms with Gasteiger partial charge in [-0.25, -0.2) is 4.39 Å². The van der Waals surface area contributed by atoms with E-state index < -0.39 is 0 Å². The number of ether oxygens (including phenoxy) is 1. The SMILES string of the molecule is COc1cc(F)cc(CC2CCNC2)c1Br. The highest BCUT2D eigenvalue weighted by molar-refractivity contribution is 9.10. The van der Waals surface area contributed by atoms with Gasteiger partial charge in [-0.15, -0.1) is 0 Å². The number of rotatable bonds is 3. The van der Waals surface area contributed by atoms with Crippen LogP contribution in [0.5, 0.6) is 5.75 Å². The van der Waals surface area contributed by atoms with Gasteiger partial charge in [0.25, 0.3) is 0 Å². The van der Waals surface area contributed by atoms with E-state index in [0.29, 0.717) is 11.7 Å². The molecule has 1 heterocycles. The van der Waals surface area contributed by atoms with Crippen molar-refractivity contribution >= 4 is 15.9 Å². The van der Waals surface area contributed by atoms with Gasteiger partial charge >= 0.3 is 0 Å². The average molecular weight is 288 g/mol. The Bertz CT molecular complexity index is 378. The molecule has 0 aromatic heterocycles. The Hall–Kier alpha value is -0.610. The highest BCUT2D eigenvalue weighted by Gasteiger charge is 2.18. The summed E-state index contributed by atoms with van der Waals surface area (Å²) in [6, 6.07) is 2.99. The van der Waals surface area contributed by atoms with E-state index in [1.165, 1.54) is 6.07 Å². The van der Waals surface area contributed by atoms with Crippen molar-refractivity contribution in [1.29, 1.82) is 0 Å². The summed E-state index contributed by atoms with van der Waals surface area (Å²) in [7, 11) is 1.56. The minimum absolute atomic E-state index is 0.235. The Balaban J connectivity index is 2.21. The monoisotopic (exact) mass is 287 g/mol. The molecule has 2 rings (SSSR count). The summed E-state index contributed by atoms with van der Waals surface area (Å²) < 4.78 is 19.4. The lowest BCUT2D eigenvalue weighted by Crippen LogP contribution is -2.11. The van der Waals surface area contributed by atoms with Crippen LogP contribution in [-0.4, -0.2) is 20.2 Å². The first-order chi connectivity index (χ1) is 7.70. The van der Waals surface area contributed by atoms with Gasteiger partial charge in [0, 0.05) is 6.07 Å². The molecule has 0 spiro atoms. The van der Waals surface area contributed by atoms with Crippen LogP contribution >= 0.6 is 15.9 Å². The Morgan fingerprint density at radius 2 is 2.38 bits per heavy atom. The second-order valence-electron chi connectivity index (χ2n) is 4.14. The summed E-state index contributed by atoms with van der Waals surface area (Å²) >= 11 is 3.47. The van der Waals surface area contributed by atoms with Crippen LogP contribution in [0.25, 0.3) is 0 Å². The van der Waals surface area contributed by atoms with Gasteiger partial charge in [0.1, 0.15) is 11.6 Å². The Labute approximate surface area is 103 Å². The van der Waals surface area contributed by atoms with Gasteiger partial charge in [0.2, 0.25) is 0 Å². The summed E-state index contributed by atoms with van der Waals surface area (Å²) in [5, 5.41) is 3.31. The van der Waals surface area contributed by atoms with Crippen molar-refractivity contribution in [3.8, 4) is 5.75 Å². The van der Waals surface area contributed by atoms with Crippen LogP contribution in [0, 0.1) is 11.7 Å². The van der Waals surface area contributed by atoms with Crippen molar-refractivity contribution < 1.29 is 9.13 Å². The standard InChI is InChI=1S/C12H15BrFNO/c1-16-11-6-10(14)5-9(12(11)13)4-8-2-3-15-7-8/h5-6,8,15H,2-4,7H2,1H3. The minimum atomic E-state index is -0.235. The molecule has 1 aromatic rings. The third-order valence-electron chi connectivity index (χ3n) is 2.97. The summed E-state index contributed by atoms with van der Waals surface area (Å²) in [4.78, 5) is 0. The van der Waals surface area contributed by atoms with Crippen LogP contribution < -0.4 is 10.1 Å². The molecule has 0 aliphatic carbocycles. The van der Waals surface area contributed by atoms with Crippen LogP contribution in [0.1, 0.15) is 12.0 Å². The topological polar surface area (TPSA) is 21.3 Å². The van der Waals surface area contributed by atoms with Crippen LogP contribution in [-0.2, 0) is 6.42 Å². The molecule has 1 fully saturated rings. The van der Waals surface area contributed by atoms with Gasteiger partial charge in [0.05, 0.1) is 11.6 Å². The predicted molar refractivity (Wildman–Crippen MR) is 65.3 cm³/mol. The molecule has 1 N–H and O–H groups in total. The fraction of sp³-hybridized carbons (Fsp3) is 0.500. The Morgan fingerprint density at radius 1 is 1.56 bits per heavy atom. The zero-order chi connectivity index (χ0) is 11.5. The normalized spacial score (nSPS) is 20.1. The molecule has 0 bridgehead atoms. The lowest BCUT2D eigenvalue weighted by atomic mass is 9.98. The zero-order valence-electron chi connectivity index (χ0n) is 9.22. The third-order valence-corrected chi connectivity index (χ3v) is 3.87. The van der Waals surface area contributed by atoms with Crippen molar-refractivity contribution in [1.82, 2.24) is 5.32 Å². The Kier molecular flexibility index (Phi) is 3.82. The summed E-state index contributed by atoms with van der Waals surface area (Å²) in [5.41, 5.74) is 0.991. The van der Waals surface area contributed by atoms with E-state index in [9.17, 15) is 4.39 Å². The maximum absolute atomic E-state index is 13.4. The second-order valence-corrected chi connectivity index (χ2v) is 4.94. The van der Waals surface area contributed by atoms with E-state index >= 15 is 0 Å². The maximum atomic E-state index is 13.4. The first kappa shape index (κ1) is 11.9. The molecule has 1 atom stereocenters. The fourth-order valence-electron chi connectivity index (χ4n) is 2.12. The molecule has 0 amide bonds. The first-order valence-electron chi connectivity index (χ1n) is 5.43. The lowest BCUT2D eigenvalue weighted by Gasteiger charge is -2.12. The molecular weight excluding hydrogens is 273 g/mol. The molecular formula is C12H15BrFNO. The summed E-state index contributed by atoms with van der Waals surface area (Å²) in [5.74, 6) is 0.935. The van der Waals surface area contributed by atoms with Gasteiger partial charge in [-0.2, -0.15) is 0 Å². The van der Waals surface area contributed by atoms with E-state index in [0.717, 1.165) is 36.0 Å². The summed E-state index contributed by atoms with van der Waals surface area (Å²) in [6.07, 6.45) is 2.05. The lowest BCUT2D eigenvalue weighted by molar-refractivity contribution is 0.407. The minimum Gasteiger partial charge on any atom is -0.495 e. The van der Waals surface area contributed by atoms with Gasteiger partial charge < -0.3 is 10.1 Å². The molecule has 1 aliphatic heterocycles. The van der Waals surface area contributed by atoms with Gasteiger partial charge in [0.15, 0.2) is 0 Å². The van der Waals surface area contributed by atoms with E-state index in [1.807, 2.05) is 0 Å². The number of halogens is 2. The van der Waals surface area contributed by atoms with Crippen LogP contribution in [0.15, 0.2) is 16.6 Å². The van der Waals surface area contributed by atoms with Crippen LogP contribution in [0.2, 0.25) is 0 Å². The number of hydrogen-bond donors (Lipinski definition) is 1. The van der Waals surface area contributed by atoms with E-state index in [4.69, 9.17) is 4.74 Å². The molecule has 1 unspecified atom stereocenters. The number of nitrogens with one attached hydrogen (secondary N) is 1.